The number of anilines is 1. The molecule has 0 aliphatic rings. The van der Waals surface area contributed by atoms with E-state index in [1.165, 1.54) is 0 Å². The first kappa shape index (κ1) is 13.3. The summed E-state index contributed by atoms with van der Waals surface area (Å²) in [5.41, 5.74) is 8.48. The van der Waals surface area contributed by atoms with E-state index in [4.69, 9.17) is 10.8 Å². The van der Waals surface area contributed by atoms with Crippen LogP contribution < -0.4 is 11.3 Å². The highest BCUT2D eigenvalue weighted by atomic mass is 16.3. The molecule has 0 amide bonds. The van der Waals surface area contributed by atoms with Crippen LogP contribution in [0.5, 0.6) is 0 Å². The number of rotatable bonds is 4. The number of pyridine rings is 2. The molecule has 5 heteroatoms. The van der Waals surface area contributed by atoms with Gasteiger partial charge in [-0.05, 0) is 30.2 Å². The van der Waals surface area contributed by atoms with Crippen molar-refractivity contribution in [1.29, 1.82) is 0 Å². The molecular weight excluding hydrogens is 242 g/mol. The number of hydrogen-bond donors (Lipinski definition) is 2. The molecule has 0 aromatic carbocycles. The van der Waals surface area contributed by atoms with E-state index in [1.807, 2.05) is 19.1 Å². The molecule has 0 radical (unpaired) electrons. The fraction of sp³-hybridized carbons (Fsp3) is 0.286. The highest BCUT2D eigenvalue weighted by Gasteiger charge is 2.13. The summed E-state index contributed by atoms with van der Waals surface area (Å²) in [5, 5.41) is 9.11. The Morgan fingerprint density at radius 1 is 1.37 bits per heavy atom. The lowest BCUT2D eigenvalue weighted by Gasteiger charge is -2.16. The van der Waals surface area contributed by atoms with Gasteiger partial charge in [0.25, 0.3) is 5.56 Å². The zero-order chi connectivity index (χ0) is 13.8. The van der Waals surface area contributed by atoms with Gasteiger partial charge in [0.05, 0.1) is 12.3 Å². The summed E-state index contributed by atoms with van der Waals surface area (Å²) in [7, 11) is 0. The maximum atomic E-state index is 12.0. The predicted octanol–water partition coefficient (Wildman–Crippen LogP) is 1.05. The van der Waals surface area contributed by atoms with Crippen LogP contribution >= 0.6 is 0 Å². The van der Waals surface area contributed by atoms with Crippen LogP contribution in [0.15, 0.2) is 35.4 Å². The van der Waals surface area contributed by atoms with E-state index in [0.717, 1.165) is 16.8 Å². The van der Waals surface area contributed by atoms with Gasteiger partial charge < -0.3 is 15.4 Å². The monoisotopic (exact) mass is 259 g/mol. The summed E-state index contributed by atoms with van der Waals surface area (Å²) in [6, 6.07) is 5.45. The lowest BCUT2D eigenvalue weighted by Crippen LogP contribution is -2.27. The molecule has 2 aromatic heterocycles. The van der Waals surface area contributed by atoms with Gasteiger partial charge in [0.2, 0.25) is 0 Å². The Labute approximate surface area is 111 Å². The Balaban J connectivity index is 2.71. The number of aliphatic hydroxyl groups excluding tert-OH is 1. The lowest BCUT2D eigenvalue weighted by molar-refractivity contribution is 0.272. The Bertz CT molecular complexity index is 621. The number of nitrogens with zero attached hydrogens (tertiary/aromatic N) is 2. The predicted molar refractivity (Wildman–Crippen MR) is 74.8 cm³/mol. The first-order chi connectivity index (χ1) is 9.19. The number of nitrogen functional groups attached to an aromatic ring is 1. The molecular formula is C14H17N3O2. The summed E-state index contributed by atoms with van der Waals surface area (Å²) in [6.07, 6.45) is 4.09. The van der Waals surface area contributed by atoms with Crippen molar-refractivity contribution in [3.05, 3.63) is 46.6 Å². The zero-order valence-electron chi connectivity index (χ0n) is 10.8. The van der Waals surface area contributed by atoms with Gasteiger partial charge in [-0.25, -0.2) is 0 Å². The van der Waals surface area contributed by atoms with Crippen molar-refractivity contribution >= 4 is 5.69 Å². The van der Waals surface area contributed by atoms with Crippen LogP contribution in [-0.2, 0) is 13.0 Å². The maximum absolute atomic E-state index is 12.0. The van der Waals surface area contributed by atoms with Crippen LogP contribution in [0.4, 0.5) is 5.69 Å². The first-order valence-corrected chi connectivity index (χ1v) is 6.22. The number of hydrogen-bond acceptors (Lipinski definition) is 4. The van der Waals surface area contributed by atoms with E-state index in [1.54, 1.807) is 23.0 Å². The molecule has 0 atom stereocenters. The van der Waals surface area contributed by atoms with Crippen LogP contribution in [0.2, 0.25) is 0 Å². The second kappa shape index (κ2) is 5.67. The van der Waals surface area contributed by atoms with Crippen molar-refractivity contribution in [1.82, 2.24) is 9.55 Å². The molecule has 0 unspecified atom stereocenters. The third-order valence-corrected chi connectivity index (χ3v) is 3.08. The topological polar surface area (TPSA) is 81.1 Å². The fourth-order valence-electron chi connectivity index (χ4n) is 2.22. The summed E-state index contributed by atoms with van der Waals surface area (Å²) < 4.78 is 1.55. The van der Waals surface area contributed by atoms with Gasteiger partial charge in [-0.1, -0.05) is 6.92 Å². The molecule has 19 heavy (non-hydrogen) atoms. The zero-order valence-corrected chi connectivity index (χ0v) is 10.8. The van der Waals surface area contributed by atoms with Crippen molar-refractivity contribution in [3.63, 3.8) is 0 Å². The van der Waals surface area contributed by atoms with E-state index in [9.17, 15) is 4.79 Å². The van der Waals surface area contributed by atoms with E-state index < -0.39 is 0 Å². The largest absolute Gasteiger partial charge is 0.395 e. The molecule has 3 N–H and O–H groups in total. The molecule has 0 fully saturated rings. The van der Waals surface area contributed by atoms with Gasteiger partial charge in [-0.15, -0.1) is 0 Å². The molecule has 100 valence electrons. The van der Waals surface area contributed by atoms with Crippen molar-refractivity contribution in [2.24, 2.45) is 0 Å². The summed E-state index contributed by atoms with van der Waals surface area (Å²) in [5.74, 6) is 0. The number of aliphatic hydroxyl groups is 1. The number of nitrogens with two attached hydrogens (primary N) is 1. The molecule has 2 aromatic rings. The second-order valence-corrected chi connectivity index (χ2v) is 4.23. The van der Waals surface area contributed by atoms with Gasteiger partial charge in [0, 0.05) is 30.2 Å². The Morgan fingerprint density at radius 2 is 2.05 bits per heavy atom. The van der Waals surface area contributed by atoms with Crippen molar-refractivity contribution in [3.8, 4) is 11.1 Å². The standard InChI is InChI=1S/C14H17N3O2/c1-2-13-11(10-3-5-16-6-4-10)9-12(15)14(19)17(13)7-8-18/h3-6,9,18H,2,7-8,15H2,1H3. The molecule has 0 aliphatic heterocycles. The van der Waals surface area contributed by atoms with Crippen LogP contribution in [0.3, 0.4) is 0 Å². The molecule has 2 rings (SSSR count). The molecule has 0 bridgehead atoms. The smallest absolute Gasteiger partial charge is 0.273 e. The van der Waals surface area contributed by atoms with Crippen LogP contribution in [0.1, 0.15) is 12.6 Å². The van der Waals surface area contributed by atoms with Crippen LogP contribution in [0, 0.1) is 0 Å². The normalized spacial score (nSPS) is 10.6. The van der Waals surface area contributed by atoms with E-state index in [0.29, 0.717) is 6.42 Å². The highest BCUT2D eigenvalue weighted by Crippen LogP contribution is 2.24. The first-order valence-electron chi connectivity index (χ1n) is 6.22. The van der Waals surface area contributed by atoms with Crippen LogP contribution in [0.25, 0.3) is 11.1 Å². The minimum Gasteiger partial charge on any atom is -0.395 e. The molecule has 2 heterocycles. The quantitative estimate of drug-likeness (QED) is 0.859. The van der Waals surface area contributed by atoms with Gasteiger partial charge in [-0.3, -0.25) is 9.78 Å². The SMILES string of the molecule is CCc1c(-c2ccncc2)cc(N)c(=O)n1CCO. The van der Waals surface area contributed by atoms with E-state index in [2.05, 4.69) is 4.98 Å². The average Bonchev–Trinajstić information content (AvgIpc) is 2.45. The van der Waals surface area contributed by atoms with Gasteiger partial charge in [0.1, 0.15) is 0 Å². The van der Waals surface area contributed by atoms with E-state index in [-0.39, 0.29) is 24.4 Å². The third kappa shape index (κ3) is 2.51. The Morgan fingerprint density at radius 3 is 2.63 bits per heavy atom. The van der Waals surface area contributed by atoms with Crippen molar-refractivity contribution < 1.29 is 5.11 Å². The van der Waals surface area contributed by atoms with Gasteiger partial charge in [-0.2, -0.15) is 0 Å². The third-order valence-electron chi connectivity index (χ3n) is 3.08. The Hall–Kier alpha value is -2.14. The molecule has 0 aliphatic carbocycles. The van der Waals surface area contributed by atoms with Crippen molar-refractivity contribution in [2.45, 2.75) is 19.9 Å². The minimum absolute atomic E-state index is 0.0911. The molecule has 0 saturated heterocycles. The molecule has 0 spiro atoms. The minimum atomic E-state index is -0.247. The second-order valence-electron chi connectivity index (χ2n) is 4.23. The Kier molecular flexibility index (Phi) is 3.97. The fourth-order valence-corrected chi connectivity index (χ4v) is 2.22. The van der Waals surface area contributed by atoms with Gasteiger partial charge in [0.15, 0.2) is 0 Å². The molecule has 0 saturated carbocycles. The summed E-state index contributed by atoms with van der Waals surface area (Å²) in [6.45, 7) is 2.14. The highest BCUT2D eigenvalue weighted by molar-refractivity contribution is 5.69. The number of aromatic nitrogens is 2. The maximum Gasteiger partial charge on any atom is 0.273 e. The van der Waals surface area contributed by atoms with Crippen LogP contribution in [-0.4, -0.2) is 21.3 Å². The lowest BCUT2D eigenvalue weighted by atomic mass is 10.0. The average molecular weight is 259 g/mol. The summed E-state index contributed by atoms with van der Waals surface area (Å²) in [4.78, 5) is 16.0. The summed E-state index contributed by atoms with van der Waals surface area (Å²) >= 11 is 0. The van der Waals surface area contributed by atoms with E-state index >= 15 is 0 Å². The van der Waals surface area contributed by atoms with Gasteiger partial charge >= 0.3 is 0 Å². The van der Waals surface area contributed by atoms with Crippen molar-refractivity contribution in [2.75, 3.05) is 12.3 Å². The molecule has 5 nitrogen and oxygen atoms in total.